The van der Waals surface area contributed by atoms with Gasteiger partial charge in [0, 0.05) is 68.9 Å². The molecule has 3 amide bonds. The largest absolute Gasteiger partial charge is 0.408 e. The van der Waals surface area contributed by atoms with Gasteiger partial charge in [0.05, 0.1) is 46.2 Å². The maximum Gasteiger partial charge on any atom is 0.366 e. The summed E-state index contributed by atoms with van der Waals surface area (Å²) < 4.78 is 11.7. The molecule has 2 atom stereocenters. The van der Waals surface area contributed by atoms with Gasteiger partial charge >= 0.3 is 5.97 Å². The number of carbonyl (C=O) groups is 5. The Morgan fingerprint density at radius 3 is 2.27 bits per heavy atom. The predicted molar refractivity (Wildman–Crippen MR) is 200 cm³/mol. The van der Waals surface area contributed by atoms with Crippen molar-refractivity contribution in [1.82, 2.24) is 30.8 Å². The first kappa shape index (κ1) is 48.7. The van der Waals surface area contributed by atoms with Gasteiger partial charge in [-0.1, -0.05) is 48.5 Å². The molecule has 291 valence electrons. The summed E-state index contributed by atoms with van der Waals surface area (Å²) >= 11 is 0. The summed E-state index contributed by atoms with van der Waals surface area (Å²) in [7, 11) is 5.79. The van der Waals surface area contributed by atoms with Crippen molar-refractivity contribution in [2.75, 3.05) is 106 Å². The molecule has 0 saturated carbocycles. The number of ether oxygens (including phenoxy) is 2. The standard InChI is InChI=1S/C19H35N5O4.C16H32N3O3.Ga/c1-18(2,10-21-14-25)12-28-13-19(3,4)11-22-16(26)9-24-17(27)8-15(23-24)6-7-20-5;1-6-17(4)12-14(20)11-15-19(5,13-16(21)22-15)10-9-18(7-2)8-3;/h14,20H,6-13H2,1-5H3,(H,21,25)(H,22,26);15H,6-13H2,1-5H3;/q;+1;/t;15-,19?;/m.1./s1. The number of carbonyl (C=O) groups excluding carboxylic acids is 5. The predicted octanol–water partition coefficient (Wildman–Crippen LogP) is 0.303. The number of likely N-dealkylation sites (N-methyl/N-ethyl adjacent to an activating group) is 3. The summed E-state index contributed by atoms with van der Waals surface area (Å²) in [6.45, 7) is 22.3. The number of nitrogens with one attached hydrogen (secondary N) is 3. The van der Waals surface area contributed by atoms with E-state index in [1.807, 2.05) is 60.7 Å². The van der Waals surface area contributed by atoms with E-state index in [0.717, 1.165) is 45.0 Å². The van der Waals surface area contributed by atoms with Crippen LogP contribution in [0.5, 0.6) is 0 Å². The van der Waals surface area contributed by atoms with Crippen molar-refractivity contribution in [3.05, 3.63) is 0 Å². The minimum absolute atomic E-state index is 0. The van der Waals surface area contributed by atoms with Crippen LogP contribution in [0.4, 0.5) is 0 Å². The molecule has 15 nitrogen and oxygen atoms in total. The summed E-state index contributed by atoms with van der Waals surface area (Å²) in [4.78, 5) is 62.8. The SMILES string of the molecule is CCN(C)CC(=O)C[C@H]1OC(=O)C[N+]1(C)CCN(CC)CC.CNCCC1=NN(CC(=O)NCC(C)(C)COCC(C)(C)CNC=O)C(=O)C1.[Ga]. The topological polar surface area (TPSA) is 162 Å². The smallest absolute Gasteiger partial charge is 0.366 e. The molecule has 0 aromatic rings. The van der Waals surface area contributed by atoms with E-state index in [0.29, 0.717) is 63.1 Å². The number of ketones is 1. The van der Waals surface area contributed by atoms with Crippen molar-refractivity contribution < 1.29 is 37.9 Å². The van der Waals surface area contributed by atoms with E-state index in [9.17, 15) is 24.0 Å². The number of hydrogen-bond donors (Lipinski definition) is 3. The molecule has 3 N–H and O–H groups in total. The molecule has 1 saturated heterocycles. The molecule has 2 rings (SSSR count). The summed E-state index contributed by atoms with van der Waals surface area (Å²) in [5.74, 6) is -0.439. The molecule has 0 spiro atoms. The monoisotopic (exact) mass is 780 g/mol. The average molecular weight is 782 g/mol. The maximum atomic E-state index is 12.2. The Hall–Kier alpha value is -2.34. The van der Waals surface area contributed by atoms with Gasteiger partial charge in [0.2, 0.25) is 24.5 Å². The number of nitrogens with zero attached hydrogens (tertiary/aromatic N) is 5. The van der Waals surface area contributed by atoms with Gasteiger partial charge in [0.1, 0.15) is 6.54 Å². The van der Waals surface area contributed by atoms with Crippen LogP contribution in [0.3, 0.4) is 0 Å². The Morgan fingerprint density at radius 2 is 1.71 bits per heavy atom. The third kappa shape index (κ3) is 19.3. The van der Waals surface area contributed by atoms with Gasteiger partial charge in [-0.05, 0) is 33.7 Å². The van der Waals surface area contributed by atoms with Crippen molar-refractivity contribution >= 4 is 55.5 Å². The Labute approximate surface area is 319 Å². The number of esters is 1. The maximum absolute atomic E-state index is 12.2. The first-order valence-electron chi connectivity index (χ1n) is 17.9. The molecule has 2 heterocycles. The van der Waals surface area contributed by atoms with E-state index in [2.05, 4.69) is 39.8 Å². The molecule has 1 unspecified atom stereocenters. The molecule has 0 aliphatic carbocycles. The van der Waals surface area contributed by atoms with Gasteiger partial charge in [0.25, 0.3) is 0 Å². The van der Waals surface area contributed by atoms with E-state index in [-0.39, 0.29) is 73.4 Å². The number of Topliss-reactive ketones (excluding diaryl/α,β-unsaturated/α-hetero) is 1. The van der Waals surface area contributed by atoms with Crippen LogP contribution in [0.25, 0.3) is 0 Å². The van der Waals surface area contributed by atoms with Crippen LogP contribution in [0.1, 0.15) is 67.7 Å². The van der Waals surface area contributed by atoms with E-state index in [1.54, 1.807) is 0 Å². The molecular formula is C35H67GaN8O7+. The van der Waals surface area contributed by atoms with Crippen LogP contribution in [0.15, 0.2) is 5.10 Å². The molecule has 16 heteroatoms. The quantitative estimate of drug-likeness (QED) is 0.0538. The summed E-state index contributed by atoms with van der Waals surface area (Å²) in [6.07, 6.45) is 1.64. The van der Waals surface area contributed by atoms with Gasteiger partial charge in [-0.15, -0.1) is 0 Å². The fourth-order valence-corrected chi connectivity index (χ4v) is 5.39. The Balaban J connectivity index is 0.000000988. The van der Waals surface area contributed by atoms with Gasteiger partial charge in [-0.25, -0.2) is 9.80 Å². The molecule has 0 bridgehead atoms. The first-order chi connectivity index (χ1) is 23.4. The van der Waals surface area contributed by atoms with Crippen LogP contribution in [-0.2, 0) is 33.4 Å². The van der Waals surface area contributed by atoms with Gasteiger partial charge in [-0.2, -0.15) is 5.10 Å². The fourth-order valence-electron chi connectivity index (χ4n) is 5.39. The van der Waals surface area contributed by atoms with E-state index in [4.69, 9.17) is 9.47 Å². The minimum Gasteiger partial charge on any atom is -0.408 e. The van der Waals surface area contributed by atoms with E-state index >= 15 is 0 Å². The van der Waals surface area contributed by atoms with Crippen LogP contribution in [0.2, 0.25) is 0 Å². The number of cyclic esters (lactones) is 1. The Kier molecular flexibility index (Phi) is 23.0. The number of quaternary nitrogens is 1. The molecule has 3 radical (unpaired) electrons. The zero-order valence-corrected chi connectivity index (χ0v) is 35.6. The molecular weight excluding hydrogens is 714 g/mol. The van der Waals surface area contributed by atoms with Crippen LogP contribution < -0.4 is 16.0 Å². The van der Waals surface area contributed by atoms with E-state index < -0.39 is 0 Å². The zero-order valence-electron chi connectivity index (χ0n) is 33.1. The average Bonchev–Trinajstić information content (AvgIpc) is 3.54. The molecule has 0 aromatic heterocycles. The normalized spacial score (nSPS) is 18.9. The van der Waals surface area contributed by atoms with Crippen molar-refractivity contribution in [2.24, 2.45) is 15.9 Å². The second kappa shape index (κ2) is 24.1. The molecule has 1 fully saturated rings. The zero-order chi connectivity index (χ0) is 38.0. The second-order valence-corrected chi connectivity index (χ2v) is 15.2. The second-order valence-electron chi connectivity index (χ2n) is 15.2. The van der Waals surface area contributed by atoms with Crippen LogP contribution in [-0.4, -0.2) is 187 Å². The van der Waals surface area contributed by atoms with Crippen molar-refractivity contribution in [3.8, 4) is 0 Å². The first-order valence-corrected chi connectivity index (χ1v) is 17.9. The van der Waals surface area contributed by atoms with Crippen molar-refractivity contribution in [3.63, 3.8) is 0 Å². The van der Waals surface area contributed by atoms with E-state index in [1.165, 1.54) is 5.01 Å². The summed E-state index contributed by atoms with van der Waals surface area (Å²) in [5.41, 5.74) is 0.368. The minimum atomic E-state index is -0.333. The van der Waals surface area contributed by atoms with Crippen molar-refractivity contribution in [2.45, 2.75) is 74.0 Å². The number of amides is 3. The summed E-state index contributed by atoms with van der Waals surface area (Å²) in [6, 6.07) is 0. The molecule has 2 aliphatic heterocycles. The number of rotatable bonds is 24. The van der Waals surface area contributed by atoms with Crippen LogP contribution in [0, 0.1) is 10.8 Å². The van der Waals surface area contributed by atoms with Gasteiger partial charge < -0.3 is 25.4 Å². The number of hydrazone groups is 1. The number of hydrogen-bond acceptors (Lipinski definition) is 11. The Bertz CT molecular complexity index is 1140. The Morgan fingerprint density at radius 1 is 1.08 bits per heavy atom. The van der Waals surface area contributed by atoms with Crippen molar-refractivity contribution in [1.29, 1.82) is 0 Å². The molecule has 0 aromatic carbocycles. The third-order valence-electron chi connectivity index (χ3n) is 8.94. The van der Waals surface area contributed by atoms with Gasteiger partial charge in [-0.3, -0.25) is 33.5 Å². The molecule has 51 heavy (non-hydrogen) atoms. The molecule has 2 aliphatic rings. The fraction of sp³-hybridized carbons (Fsp3) is 0.829. The summed E-state index contributed by atoms with van der Waals surface area (Å²) in [5, 5.41) is 14.0. The van der Waals surface area contributed by atoms with Gasteiger partial charge in [0.15, 0.2) is 12.3 Å². The van der Waals surface area contributed by atoms with Crippen LogP contribution >= 0.6 is 0 Å². The third-order valence-corrected chi connectivity index (χ3v) is 8.94.